The maximum Gasteiger partial charge on any atom is 0.425 e. The van der Waals surface area contributed by atoms with Crippen LogP contribution in [0.25, 0.3) is 5.69 Å². The zero-order valence-corrected chi connectivity index (χ0v) is 16.2. The summed E-state index contributed by atoms with van der Waals surface area (Å²) in [6, 6.07) is 10.3. The van der Waals surface area contributed by atoms with Crippen molar-refractivity contribution >= 4 is 11.7 Å². The molecule has 1 heterocycles. The predicted octanol–water partition coefficient (Wildman–Crippen LogP) is 4.65. The van der Waals surface area contributed by atoms with Gasteiger partial charge in [-0.3, -0.25) is 4.79 Å². The van der Waals surface area contributed by atoms with Gasteiger partial charge in [0.2, 0.25) is 0 Å². The summed E-state index contributed by atoms with van der Waals surface area (Å²) in [5, 5.41) is 4.82. The standard InChI is InChI=1S/C20H15F7N4O/c1-11-15(16(28)31(30-11)14-5-3-2-4-6-14)18(19(22,23)24,20(25,26)27)29-17(32)12-7-9-13(21)10-8-12/h2-10H,28H2,1H3,(H,29,32). The Morgan fingerprint density at radius 2 is 1.47 bits per heavy atom. The first kappa shape index (κ1) is 23.1. The van der Waals surface area contributed by atoms with Crippen LogP contribution in [0.4, 0.5) is 36.6 Å². The number of para-hydroxylation sites is 1. The minimum absolute atomic E-state index is 0.113. The lowest BCUT2D eigenvalue weighted by Gasteiger charge is -2.38. The Morgan fingerprint density at radius 1 is 0.938 bits per heavy atom. The first-order valence-electron chi connectivity index (χ1n) is 8.92. The van der Waals surface area contributed by atoms with E-state index in [0.29, 0.717) is 0 Å². The van der Waals surface area contributed by atoms with E-state index in [-0.39, 0.29) is 5.69 Å². The molecule has 0 unspecified atom stereocenters. The van der Waals surface area contributed by atoms with E-state index in [4.69, 9.17) is 5.73 Å². The normalized spacial score (nSPS) is 12.6. The molecule has 170 valence electrons. The number of aromatic nitrogens is 2. The lowest BCUT2D eigenvalue weighted by molar-refractivity contribution is -0.310. The Bertz CT molecular complexity index is 1110. The summed E-state index contributed by atoms with van der Waals surface area (Å²) in [6.07, 6.45) is -12.1. The SMILES string of the molecule is Cc1nn(-c2ccccc2)c(N)c1C(NC(=O)c1ccc(F)cc1)(C(F)(F)F)C(F)(F)F. The number of rotatable bonds is 4. The molecule has 1 aromatic heterocycles. The Hall–Kier alpha value is -3.57. The van der Waals surface area contributed by atoms with Crippen molar-refractivity contribution < 1.29 is 35.5 Å². The molecule has 32 heavy (non-hydrogen) atoms. The Morgan fingerprint density at radius 3 is 1.97 bits per heavy atom. The van der Waals surface area contributed by atoms with E-state index in [1.54, 1.807) is 6.07 Å². The highest BCUT2D eigenvalue weighted by atomic mass is 19.4. The third-order valence-electron chi connectivity index (χ3n) is 4.73. The lowest BCUT2D eigenvalue weighted by Crippen LogP contribution is -2.65. The quantitative estimate of drug-likeness (QED) is 0.557. The smallest absolute Gasteiger partial charge is 0.383 e. The van der Waals surface area contributed by atoms with Crippen molar-refractivity contribution in [3.8, 4) is 5.69 Å². The van der Waals surface area contributed by atoms with Crippen molar-refractivity contribution in [2.24, 2.45) is 0 Å². The number of nitrogens with one attached hydrogen (secondary N) is 1. The minimum atomic E-state index is -6.07. The van der Waals surface area contributed by atoms with Gasteiger partial charge in [0.1, 0.15) is 11.6 Å². The van der Waals surface area contributed by atoms with Crippen LogP contribution < -0.4 is 11.1 Å². The fraction of sp³-hybridized carbons (Fsp3) is 0.200. The summed E-state index contributed by atoms with van der Waals surface area (Å²) in [4.78, 5) is 12.4. The number of carbonyl (C=O) groups is 1. The summed E-state index contributed by atoms with van der Waals surface area (Å²) in [7, 11) is 0. The van der Waals surface area contributed by atoms with Gasteiger partial charge in [0.25, 0.3) is 11.4 Å². The molecule has 0 atom stereocenters. The van der Waals surface area contributed by atoms with Gasteiger partial charge in [0.05, 0.1) is 16.9 Å². The van der Waals surface area contributed by atoms with Gasteiger partial charge >= 0.3 is 12.4 Å². The van der Waals surface area contributed by atoms with E-state index in [1.165, 1.54) is 24.3 Å². The number of hydrogen-bond acceptors (Lipinski definition) is 3. The molecule has 5 nitrogen and oxygen atoms in total. The van der Waals surface area contributed by atoms with Crippen LogP contribution in [-0.4, -0.2) is 28.0 Å². The second-order valence-corrected chi connectivity index (χ2v) is 6.80. The molecule has 0 aliphatic carbocycles. The van der Waals surface area contributed by atoms with Crippen LogP contribution in [0, 0.1) is 12.7 Å². The number of nitrogens with zero attached hydrogens (tertiary/aromatic N) is 2. The third kappa shape index (κ3) is 3.76. The van der Waals surface area contributed by atoms with Crippen LogP contribution in [0.1, 0.15) is 21.6 Å². The van der Waals surface area contributed by atoms with E-state index in [1.807, 2.05) is 0 Å². The molecule has 0 aliphatic rings. The first-order valence-corrected chi connectivity index (χ1v) is 8.92. The molecule has 0 saturated carbocycles. The third-order valence-corrected chi connectivity index (χ3v) is 4.73. The second-order valence-electron chi connectivity index (χ2n) is 6.80. The topological polar surface area (TPSA) is 72.9 Å². The minimum Gasteiger partial charge on any atom is -0.383 e. The van der Waals surface area contributed by atoms with Gasteiger partial charge in [-0.05, 0) is 43.3 Å². The molecule has 0 aliphatic heterocycles. The number of aryl methyl sites for hydroxylation is 1. The van der Waals surface area contributed by atoms with Crippen molar-refractivity contribution in [3.63, 3.8) is 0 Å². The number of halogens is 7. The highest BCUT2D eigenvalue weighted by Gasteiger charge is 2.74. The van der Waals surface area contributed by atoms with Gasteiger partial charge in [-0.1, -0.05) is 18.2 Å². The number of nitrogen functional groups attached to an aromatic ring is 1. The van der Waals surface area contributed by atoms with Gasteiger partial charge in [0.15, 0.2) is 0 Å². The Kier molecular flexibility index (Phi) is 5.66. The van der Waals surface area contributed by atoms with Crippen LogP contribution in [0.3, 0.4) is 0 Å². The fourth-order valence-electron chi connectivity index (χ4n) is 3.27. The van der Waals surface area contributed by atoms with Crippen molar-refractivity contribution in [1.82, 2.24) is 15.1 Å². The van der Waals surface area contributed by atoms with Crippen molar-refractivity contribution in [2.45, 2.75) is 24.8 Å². The number of hydrogen-bond donors (Lipinski definition) is 2. The number of alkyl halides is 6. The predicted molar refractivity (Wildman–Crippen MR) is 100 cm³/mol. The van der Waals surface area contributed by atoms with Gasteiger partial charge in [-0.25, -0.2) is 9.07 Å². The largest absolute Gasteiger partial charge is 0.425 e. The summed E-state index contributed by atoms with van der Waals surface area (Å²) in [6.45, 7) is 0.918. The fourth-order valence-corrected chi connectivity index (χ4v) is 3.27. The molecule has 0 radical (unpaired) electrons. The first-order chi connectivity index (χ1) is 14.8. The molecule has 12 heteroatoms. The van der Waals surface area contributed by atoms with Crippen LogP contribution in [0.5, 0.6) is 0 Å². The monoisotopic (exact) mass is 460 g/mol. The Labute approximate surface area is 176 Å². The highest BCUT2D eigenvalue weighted by Crippen LogP contribution is 2.53. The van der Waals surface area contributed by atoms with Crippen molar-refractivity contribution in [3.05, 3.63) is 77.2 Å². The van der Waals surface area contributed by atoms with Gasteiger partial charge < -0.3 is 11.1 Å². The second kappa shape index (κ2) is 7.84. The van der Waals surface area contributed by atoms with Crippen LogP contribution in [0.2, 0.25) is 0 Å². The van der Waals surface area contributed by atoms with Crippen molar-refractivity contribution in [2.75, 3.05) is 5.73 Å². The average Bonchev–Trinajstić information content (AvgIpc) is 2.99. The molecule has 3 aromatic rings. The summed E-state index contributed by atoms with van der Waals surface area (Å²) in [5.41, 5.74) is -1.79. The summed E-state index contributed by atoms with van der Waals surface area (Å²) < 4.78 is 98.9. The molecule has 0 saturated heterocycles. The highest BCUT2D eigenvalue weighted by molar-refractivity contribution is 5.95. The molecule has 3 N–H and O–H groups in total. The van der Waals surface area contributed by atoms with Gasteiger partial charge in [-0.15, -0.1) is 0 Å². The van der Waals surface area contributed by atoms with E-state index >= 15 is 0 Å². The molecule has 0 fully saturated rings. The van der Waals surface area contributed by atoms with Crippen molar-refractivity contribution in [1.29, 1.82) is 0 Å². The molecule has 3 rings (SSSR count). The van der Waals surface area contributed by atoms with Crippen LogP contribution >= 0.6 is 0 Å². The van der Waals surface area contributed by atoms with Gasteiger partial charge in [0, 0.05) is 5.56 Å². The average molecular weight is 460 g/mol. The van der Waals surface area contributed by atoms with E-state index in [2.05, 4.69) is 5.10 Å². The summed E-state index contributed by atoms with van der Waals surface area (Å²) >= 11 is 0. The molecule has 0 bridgehead atoms. The number of nitrogens with two attached hydrogens (primary N) is 1. The maximum absolute atomic E-state index is 14.2. The summed E-state index contributed by atoms with van der Waals surface area (Å²) in [5.74, 6) is -3.52. The molecule has 2 aromatic carbocycles. The number of anilines is 1. The van der Waals surface area contributed by atoms with E-state index < -0.39 is 52.3 Å². The van der Waals surface area contributed by atoms with Crippen LogP contribution in [-0.2, 0) is 5.54 Å². The van der Waals surface area contributed by atoms with Gasteiger partial charge in [-0.2, -0.15) is 31.4 Å². The number of amides is 1. The number of carbonyl (C=O) groups excluding carboxylic acids is 1. The molecular weight excluding hydrogens is 445 g/mol. The van der Waals surface area contributed by atoms with Crippen LogP contribution in [0.15, 0.2) is 54.6 Å². The zero-order valence-electron chi connectivity index (χ0n) is 16.2. The number of benzene rings is 2. The van der Waals surface area contributed by atoms with E-state index in [0.717, 1.165) is 41.2 Å². The molecule has 1 amide bonds. The molecule has 0 spiro atoms. The Balaban J connectivity index is 2.26. The van der Waals surface area contributed by atoms with E-state index in [9.17, 15) is 35.5 Å². The zero-order chi connectivity index (χ0) is 23.9. The maximum atomic E-state index is 14.2. The lowest BCUT2D eigenvalue weighted by atomic mass is 9.87. The molecular formula is C20H15F7N4O.